The van der Waals surface area contributed by atoms with Gasteiger partial charge < -0.3 is 15.4 Å². The smallest absolute Gasteiger partial charge is 0.329 e. The number of hydrogen-bond donors (Lipinski definition) is 3. The van der Waals surface area contributed by atoms with Crippen LogP contribution < -0.4 is 20.8 Å². The highest BCUT2D eigenvalue weighted by molar-refractivity contribution is 6.39. The molecule has 0 unspecified atom stereocenters. The van der Waals surface area contributed by atoms with Crippen LogP contribution in [0.2, 0.25) is 5.02 Å². The average Bonchev–Trinajstić information content (AvgIpc) is 2.80. The van der Waals surface area contributed by atoms with E-state index in [-0.39, 0.29) is 17.5 Å². The number of carbonyl (C=O) groups is 3. The summed E-state index contributed by atoms with van der Waals surface area (Å²) in [4.78, 5) is 36.1. The van der Waals surface area contributed by atoms with E-state index >= 15 is 0 Å². The number of hydrogen-bond acceptors (Lipinski definition) is 5. The number of hydrazone groups is 1. The van der Waals surface area contributed by atoms with Crippen molar-refractivity contribution < 1.29 is 19.1 Å². The Bertz CT molecular complexity index is 1290. The second kappa shape index (κ2) is 11.8. The Balaban J connectivity index is 1.49. The average molecular weight is 493 g/mol. The fraction of sp³-hybridized carbons (Fsp3) is 0.154. The van der Waals surface area contributed by atoms with Crippen molar-refractivity contribution in [2.45, 2.75) is 20.8 Å². The summed E-state index contributed by atoms with van der Waals surface area (Å²) in [5.41, 5.74) is 6.97. The van der Waals surface area contributed by atoms with E-state index < -0.39 is 11.8 Å². The second-order valence-corrected chi connectivity index (χ2v) is 8.28. The van der Waals surface area contributed by atoms with Gasteiger partial charge in [0.05, 0.1) is 11.2 Å². The van der Waals surface area contributed by atoms with Crippen molar-refractivity contribution in [2.75, 3.05) is 17.2 Å². The Morgan fingerprint density at radius 1 is 0.914 bits per heavy atom. The van der Waals surface area contributed by atoms with E-state index in [1.54, 1.807) is 36.4 Å². The first-order chi connectivity index (χ1) is 16.7. The van der Waals surface area contributed by atoms with Crippen LogP contribution in [0, 0.1) is 20.8 Å². The van der Waals surface area contributed by atoms with E-state index in [2.05, 4.69) is 21.2 Å². The number of benzene rings is 3. The number of amides is 3. The standard InChI is InChI=1S/C26H25ClN4O4/c1-16-5-4-6-20(12-16)29-25(33)26(34)31-28-14-19-8-10-23(21(27)13-19)35-15-24(32)30-22-9-7-17(2)11-18(22)3/h4-14H,15H2,1-3H3,(H,29,33)(H,30,32)(H,31,34)/b28-14-. The van der Waals surface area contributed by atoms with Crippen LogP contribution in [0.3, 0.4) is 0 Å². The minimum atomic E-state index is -0.913. The quantitative estimate of drug-likeness (QED) is 0.258. The summed E-state index contributed by atoms with van der Waals surface area (Å²) in [5, 5.41) is 9.34. The van der Waals surface area contributed by atoms with Gasteiger partial charge in [0.2, 0.25) is 0 Å². The van der Waals surface area contributed by atoms with E-state index in [9.17, 15) is 14.4 Å². The molecule has 0 radical (unpaired) electrons. The van der Waals surface area contributed by atoms with Crippen LogP contribution in [0.4, 0.5) is 11.4 Å². The van der Waals surface area contributed by atoms with Crippen LogP contribution >= 0.6 is 11.6 Å². The fourth-order valence-corrected chi connectivity index (χ4v) is 3.37. The number of aryl methyl sites for hydroxylation is 3. The van der Waals surface area contributed by atoms with Gasteiger partial charge in [0.25, 0.3) is 5.91 Å². The van der Waals surface area contributed by atoms with Crippen LogP contribution in [0.25, 0.3) is 0 Å². The number of anilines is 2. The number of nitrogens with one attached hydrogen (secondary N) is 3. The maximum absolute atomic E-state index is 12.2. The van der Waals surface area contributed by atoms with Gasteiger partial charge in [-0.1, -0.05) is 41.4 Å². The molecule has 8 nitrogen and oxygen atoms in total. The molecule has 0 aromatic heterocycles. The van der Waals surface area contributed by atoms with Gasteiger partial charge in [-0.3, -0.25) is 14.4 Å². The predicted octanol–water partition coefficient (Wildman–Crippen LogP) is 4.37. The summed E-state index contributed by atoms with van der Waals surface area (Å²) >= 11 is 6.24. The first-order valence-corrected chi connectivity index (χ1v) is 11.1. The van der Waals surface area contributed by atoms with Gasteiger partial charge in [-0.05, 0) is 73.9 Å². The fourth-order valence-electron chi connectivity index (χ4n) is 3.12. The normalized spacial score (nSPS) is 10.6. The van der Waals surface area contributed by atoms with E-state index in [0.717, 1.165) is 22.4 Å². The van der Waals surface area contributed by atoms with Crippen LogP contribution in [0.5, 0.6) is 5.75 Å². The summed E-state index contributed by atoms with van der Waals surface area (Å²) in [6, 6.07) is 17.6. The first kappa shape index (κ1) is 25.5. The van der Waals surface area contributed by atoms with Crippen molar-refractivity contribution in [3.8, 4) is 5.75 Å². The van der Waals surface area contributed by atoms with Gasteiger partial charge in [-0.15, -0.1) is 0 Å². The zero-order valence-corrected chi connectivity index (χ0v) is 20.3. The van der Waals surface area contributed by atoms with Crippen molar-refractivity contribution in [2.24, 2.45) is 5.10 Å². The highest BCUT2D eigenvalue weighted by Gasteiger charge is 2.13. The van der Waals surface area contributed by atoms with Crippen molar-refractivity contribution >= 4 is 46.9 Å². The third kappa shape index (κ3) is 7.68. The molecule has 3 amide bonds. The Hall–Kier alpha value is -4.17. The van der Waals surface area contributed by atoms with Gasteiger partial charge >= 0.3 is 11.8 Å². The number of carbonyl (C=O) groups excluding carboxylic acids is 3. The lowest BCUT2D eigenvalue weighted by Gasteiger charge is -2.11. The highest BCUT2D eigenvalue weighted by Crippen LogP contribution is 2.25. The first-order valence-electron chi connectivity index (χ1n) is 10.7. The second-order valence-electron chi connectivity index (χ2n) is 7.87. The molecule has 0 spiro atoms. The van der Waals surface area contributed by atoms with Crippen molar-refractivity contribution in [1.29, 1.82) is 0 Å². The molecule has 0 aliphatic rings. The van der Waals surface area contributed by atoms with Crippen LogP contribution in [-0.4, -0.2) is 30.5 Å². The summed E-state index contributed by atoms with van der Waals surface area (Å²) < 4.78 is 5.52. The maximum Gasteiger partial charge on any atom is 0.329 e. The molecule has 0 aliphatic carbocycles. The van der Waals surface area contributed by atoms with Crippen LogP contribution in [0.1, 0.15) is 22.3 Å². The minimum Gasteiger partial charge on any atom is -0.482 e. The molecule has 3 rings (SSSR count). The molecule has 3 aromatic rings. The molecule has 0 aliphatic heterocycles. The molecule has 0 fully saturated rings. The lowest BCUT2D eigenvalue weighted by atomic mass is 10.1. The Kier molecular flexibility index (Phi) is 8.58. The Labute approximate surface area is 208 Å². The molecule has 3 aromatic carbocycles. The zero-order valence-electron chi connectivity index (χ0n) is 19.5. The summed E-state index contributed by atoms with van der Waals surface area (Å²) in [7, 11) is 0. The predicted molar refractivity (Wildman–Crippen MR) is 137 cm³/mol. The topological polar surface area (TPSA) is 109 Å². The van der Waals surface area contributed by atoms with Crippen LogP contribution in [-0.2, 0) is 14.4 Å². The van der Waals surface area contributed by atoms with E-state index in [1.165, 1.54) is 6.21 Å². The van der Waals surface area contributed by atoms with E-state index in [0.29, 0.717) is 17.0 Å². The minimum absolute atomic E-state index is 0.216. The molecular formula is C26H25ClN4O4. The van der Waals surface area contributed by atoms with Gasteiger partial charge in [-0.25, -0.2) is 5.43 Å². The van der Waals surface area contributed by atoms with Gasteiger partial charge in [0.1, 0.15) is 5.75 Å². The third-order valence-corrected chi connectivity index (χ3v) is 5.13. The molecule has 0 atom stereocenters. The molecule has 0 saturated carbocycles. The Morgan fingerprint density at radius 3 is 2.40 bits per heavy atom. The SMILES string of the molecule is Cc1cccc(NC(=O)C(=O)N/N=C\c2ccc(OCC(=O)Nc3ccc(C)cc3C)c(Cl)c2)c1. The van der Waals surface area contributed by atoms with Crippen molar-refractivity contribution in [1.82, 2.24) is 5.43 Å². The molecule has 0 saturated heterocycles. The van der Waals surface area contributed by atoms with Gasteiger partial charge in [0, 0.05) is 11.4 Å². The monoisotopic (exact) mass is 492 g/mol. The molecule has 180 valence electrons. The molecule has 0 bridgehead atoms. The van der Waals surface area contributed by atoms with E-state index in [1.807, 2.05) is 45.0 Å². The lowest BCUT2D eigenvalue weighted by molar-refractivity contribution is -0.136. The lowest BCUT2D eigenvalue weighted by Crippen LogP contribution is -2.32. The van der Waals surface area contributed by atoms with Gasteiger partial charge in [0.15, 0.2) is 6.61 Å². The van der Waals surface area contributed by atoms with E-state index in [4.69, 9.17) is 16.3 Å². The Morgan fingerprint density at radius 2 is 1.69 bits per heavy atom. The number of ether oxygens (including phenoxy) is 1. The van der Waals surface area contributed by atoms with Gasteiger partial charge in [-0.2, -0.15) is 5.10 Å². The molecule has 0 heterocycles. The van der Waals surface area contributed by atoms with Crippen molar-refractivity contribution in [3.63, 3.8) is 0 Å². The van der Waals surface area contributed by atoms with Crippen molar-refractivity contribution in [3.05, 3.63) is 87.9 Å². The van der Waals surface area contributed by atoms with Crippen LogP contribution in [0.15, 0.2) is 65.8 Å². The zero-order chi connectivity index (χ0) is 25.4. The number of halogens is 1. The summed E-state index contributed by atoms with van der Waals surface area (Å²) in [6.07, 6.45) is 1.33. The third-order valence-electron chi connectivity index (χ3n) is 4.83. The number of rotatable bonds is 7. The molecule has 9 heteroatoms. The molecular weight excluding hydrogens is 468 g/mol. The summed E-state index contributed by atoms with van der Waals surface area (Å²) in [5.74, 6) is -1.75. The highest BCUT2D eigenvalue weighted by atomic mass is 35.5. The largest absolute Gasteiger partial charge is 0.482 e. The number of nitrogens with zero attached hydrogens (tertiary/aromatic N) is 1. The molecule has 35 heavy (non-hydrogen) atoms. The maximum atomic E-state index is 12.2. The summed E-state index contributed by atoms with van der Waals surface area (Å²) in [6.45, 7) is 5.56. The molecule has 3 N–H and O–H groups in total.